The standard InChI is InChI=1S/C15H20O6/c1-15(2,3)14(18)19-6-10(16)20-11-7-4-8-9(5-7)13(17)21-12(8)11/h7-9,11-12H,4-6H2,1-3H3. The van der Waals surface area contributed by atoms with Gasteiger partial charge in [-0.05, 0) is 33.6 Å². The average molecular weight is 296 g/mol. The third-order valence-corrected chi connectivity index (χ3v) is 4.61. The Morgan fingerprint density at radius 2 is 2.00 bits per heavy atom. The van der Waals surface area contributed by atoms with Gasteiger partial charge in [-0.25, -0.2) is 4.79 Å². The number of fused-ring (bicyclic) bond motifs is 1. The molecule has 3 fully saturated rings. The smallest absolute Gasteiger partial charge is 0.344 e. The summed E-state index contributed by atoms with van der Waals surface area (Å²) in [6.45, 7) is 4.76. The molecule has 2 bridgehead atoms. The summed E-state index contributed by atoms with van der Waals surface area (Å²) in [5.74, 6) is -0.806. The van der Waals surface area contributed by atoms with Crippen LogP contribution in [0.4, 0.5) is 0 Å². The SMILES string of the molecule is CC(C)(C)C(=O)OCC(=O)OC1C2CC3C(=O)OC1C3C2. The molecule has 1 saturated heterocycles. The largest absolute Gasteiger partial charge is 0.458 e. The van der Waals surface area contributed by atoms with Crippen molar-refractivity contribution in [3.8, 4) is 0 Å². The fourth-order valence-electron chi connectivity index (χ4n) is 3.59. The molecule has 2 saturated carbocycles. The molecule has 3 rings (SSSR count). The lowest BCUT2D eigenvalue weighted by Crippen LogP contribution is -2.37. The molecule has 6 nitrogen and oxygen atoms in total. The molecule has 116 valence electrons. The van der Waals surface area contributed by atoms with E-state index in [-0.39, 0.29) is 35.9 Å². The van der Waals surface area contributed by atoms with Crippen molar-refractivity contribution in [2.45, 2.75) is 45.8 Å². The van der Waals surface area contributed by atoms with E-state index < -0.39 is 24.0 Å². The summed E-state index contributed by atoms with van der Waals surface area (Å²) in [5, 5.41) is 0. The zero-order valence-corrected chi connectivity index (χ0v) is 12.5. The molecule has 0 radical (unpaired) electrons. The second kappa shape index (κ2) is 4.71. The van der Waals surface area contributed by atoms with Crippen LogP contribution in [0, 0.1) is 23.2 Å². The van der Waals surface area contributed by atoms with Crippen LogP contribution in [-0.2, 0) is 28.6 Å². The number of carbonyl (C=O) groups is 3. The molecule has 0 N–H and O–H groups in total. The Hall–Kier alpha value is -1.59. The van der Waals surface area contributed by atoms with Crippen LogP contribution in [0.1, 0.15) is 33.6 Å². The second-order valence-electron chi connectivity index (χ2n) is 7.18. The van der Waals surface area contributed by atoms with E-state index >= 15 is 0 Å². The van der Waals surface area contributed by atoms with Crippen LogP contribution < -0.4 is 0 Å². The zero-order chi connectivity index (χ0) is 15.4. The molecule has 3 aliphatic rings. The minimum atomic E-state index is -0.652. The molecular weight excluding hydrogens is 276 g/mol. The van der Waals surface area contributed by atoms with E-state index in [4.69, 9.17) is 14.2 Å². The lowest BCUT2D eigenvalue weighted by atomic mass is 9.88. The van der Waals surface area contributed by atoms with Gasteiger partial charge < -0.3 is 14.2 Å². The number of carbonyl (C=O) groups excluding carboxylic acids is 3. The van der Waals surface area contributed by atoms with Gasteiger partial charge in [0.15, 0.2) is 6.61 Å². The van der Waals surface area contributed by atoms with Crippen LogP contribution in [0.15, 0.2) is 0 Å². The van der Waals surface area contributed by atoms with Gasteiger partial charge in [0.05, 0.1) is 11.3 Å². The molecule has 0 spiro atoms. The van der Waals surface area contributed by atoms with Gasteiger partial charge in [0, 0.05) is 11.8 Å². The lowest BCUT2D eigenvalue weighted by Gasteiger charge is -2.25. The van der Waals surface area contributed by atoms with Gasteiger partial charge >= 0.3 is 17.9 Å². The van der Waals surface area contributed by atoms with E-state index in [0.717, 1.165) is 12.8 Å². The molecule has 2 aliphatic carbocycles. The van der Waals surface area contributed by atoms with Crippen LogP contribution in [0.5, 0.6) is 0 Å². The summed E-state index contributed by atoms with van der Waals surface area (Å²) in [4.78, 5) is 35.0. The van der Waals surface area contributed by atoms with Gasteiger partial charge in [-0.1, -0.05) is 0 Å². The maximum atomic E-state index is 11.8. The van der Waals surface area contributed by atoms with Crippen LogP contribution in [0.3, 0.4) is 0 Å². The van der Waals surface area contributed by atoms with Crippen LogP contribution in [-0.4, -0.2) is 36.7 Å². The molecule has 21 heavy (non-hydrogen) atoms. The molecule has 0 aromatic heterocycles. The molecular formula is C15H20O6. The van der Waals surface area contributed by atoms with Crippen LogP contribution in [0.2, 0.25) is 0 Å². The second-order valence-corrected chi connectivity index (χ2v) is 7.18. The Bertz CT molecular complexity index is 491. The summed E-state index contributed by atoms with van der Waals surface area (Å²) in [7, 11) is 0. The highest BCUT2D eigenvalue weighted by Gasteiger charge is 2.63. The van der Waals surface area contributed by atoms with Gasteiger partial charge in [0.1, 0.15) is 12.2 Å². The zero-order valence-electron chi connectivity index (χ0n) is 12.5. The lowest BCUT2D eigenvalue weighted by molar-refractivity contribution is -0.172. The van der Waals surface area contributed by atoms with Gasteiger partial charge in [-0.3, -0.25) is 9.59 Å². The minimum absolute atomic E-state index is 0.00586. The average Bonchev–Trinajstić information content (AvgIpc) is 2.99. The van der Waals surface area contributed by atoms with Crippen molar-refractivity contribution in [2.75, 3.05) is 6.61 Å². The molecule has 5 atom stereocenters. The summed E-state index contributed by atoms with van der Waals surface area (Å²) in [6, 6.07) is 0. The molecule has 6 heteroatoms. The predicted octanol–water partition coefficient (Wildman–Crippen LogP) is 1.07. The van der Waals surface area contributed by atoms with Crippen molar-refractivity contribution < 1.29 is 28.6 Å². The Morgan fingerprint density at radius 3 is 2.67 bits per heavy atom. The fourth-order valence-corrected chi connectivity index (χ4v) is 3.59. The van der Waals surface area contributed by atoms with E-state index in [1.807, 2.05) is 0 Å². The third kappa shape index (κ3) is 2.40. The maximum Gasteiger partial charge on any atom is 0.344 e. The summed E-state index contributed by atoms with van der Waals surface area (Å²) < 4.78 is 15.6. The van der Waals surface area contributed by atoms with E-state index in [2.05, 4.69) is 0 Å². The van der Waals surface area contributed by atoms with E-state index in [1.54, 1.807) is 20.8 Å². The van der Waals surface area contributed by atoms with Crippen LogP contribution >= 0.6 is 0 Å². The summed E-state index contributed by atoms with van der Waals surface area (Å²) >= 11 is 0. The Kier molecular flexibility index (Phi) is 3.22. The topological polar surface area (TPSA) is 78.9 Å². The highest BCUT2D eigenvalue weighted by atomic mass is 16.6. The van der Waals surface area contributed by atoms with Crippen molar-refractivity contribution in [2.24, 2.45) is 23.2 Å². The van der Waals surface area contributed by atoms with Gasteiger partial charge in [-0.15, -0.1) is 0 Å². The monoisotopic (exact) mass is 296 g/mol. The number of esters is 3. The first kappa shape index (κ1) is 14.4. The van der Waals surface area contributed by atoms with Crippen LogP contribution in [0.25, 0.3) is 0 Å². The minimum Gasteiger partial charge on any atom is -0.458 e. The quantitative estimate of drug-likeness (QED) is 0.572. The Balaban J connectivity index is 1.53. The normalized spacial score (nSPS) is 36.5. The number of hydrogen-bond acceptors (Lipinski definition) is 6. The molecule has 1 heterocycles. The van der Waals surface area contributed by atoms with E-state index in [0.29, 0.717) is 0 Å². The fraction of sp³-hybridized carbons (Fsp3) is 0.800. The van der Waals surface area contributed by atoms with Crippen molar-refractivity contribution in [3.63, 3.8) is 0 Å². The van der Waals surface area contributed by atoms with Crippen molar-refractivity contribution >= 4 is 17.9 Å². The van der Waals surface area contributed by atoms with E-state index in [1.165, 1.54) is 0 Å². The molecule has 0 aromatic rings. The molecule has 1 aliphatic heterocycles. The van der Waals surface area contributed by atoms with Gasteiger partial charge in [0.2, 0.25) is 0 Å². The Morgan fingerprint density at radius 1 is 1.29 bits per heavy atom. The van der Waals surface area contributed by atoms with Gasteiger partial charge in [0.25, 0.3) is 0 Å². The van der Waals surface area contributed by atoms with Gasteiger partial charge in [-0.2, -0.15) is 0 Å². The Labute approximate surface area is 123 Å². The first-order valence-electron chi connectivity index (χ1n) is 7.34. The summed E-state index contributed by atoms with van der Waals surface area (Å²) in [6.07, 6.45) is 0.933. The highest BCUT2D eigenvalue weighted by molar-refractivity contribution is 5.80. The van der Waals surface area contributed by atoms with Crippen molar-refractivity contribution in [1.29, 1.82) is 0 Å². The molecule has 0 aromatic carbocycles. The maximum absolute atomic E-state index is 11.8. The predicted molar refractivity (Wildman–Crippen MR) is 69.9 cm³/mol. The first-order chi connectivity index (χ1) is 9.77. The number of hydrogen-bond donors (Lipinski definition) is 0. The first-order valence-corrected chi connectivity index (χ1v) is 7.34. The molecule has 5 unspecified atom stereocenters. The number of rotatable bonds is 3. The summed E-state index contributed by atoms with van der Waals surface area (Å²) in [5.41, 5.74) is -0.652. The van der Waals surface area contributed by atoms with Crippen molar-refractivity contribution in [3.05, 3.63) is 0 Å². The highest BCUT2D eigenvalue weighted by Crippen LogP contribution is 2.55. The van der Waals surface area contributed by atoms with E-state index in [9.17, 15) is 14.4 Å². The van der Waals surface area contributed by atoms with Crippen molar-refractivity contribution in [1.82, 2.24) is 0 Å². The molecule has 0 amide bonds. The number of ether oxygens (including phenoxy) is 3. The third-order valence-electron chi connectivity index (χ3n) is 4.61.